The molecule has 0 rings (SSSR count). The molecule has 57 heavy (non-hydrogen) atoms. The zero-order valence-corrected chi connectivity index (χ0v) is 39.9. The summed E-state index contributed by atoms with van der Waals surface area (Å²) in [7, 11) is 0. The lowest BCUT2D eigenvalue weighted by Crippen LogP contribution is -2.33. The standard InChI is InChI=1S/C54H106O3/c1-5-9-13-17-20-22-24-26-28-30-32-34-37-40-44-48-52(55)51(47-43-39-16-12-8-4)53(49-45-41-36-19-15-11-7-3)57-54(56)50-46-42-38-35-33-31-29-27-25-23-21-18-14-10-6-2/h51,53H,5-50H2,1-4H3. The second kappa shape index (κ2) is 47.8. The average molecular weight is 803 g/mol. The molecule has 3 nitrogen and oxygen atoms in total. The highest BCUT2D eigenvalue weighted by molar-refractivity contribution is 5.82. The second-order valence-electron chi connectivity index (χ2n) is 18.6. The molecule has 340 valence electrons. The molecule has 0 aromatic rings. The molecule has 0 aliphatic carbocycles. The summed E-state index contributed by atoms with van der Waals surface area (Å²) in [5.41, 5.74) is 0. The average Bonchev–Trinajstić information content (AvgIpc) is 3.21. The van der Waals surface area contributed by atoms with Crippen LogP contribution in [-0.2, 0) is 14.3 Å². The molecule has 0 aliphatic rings. The SMILES string of the molecule is CCCCCCCCCCCCCCCCCC(=O)OC(CCCCCCCCC)C(CCCCCCC)C(=O)CCCCCCCCCCCCCCCCC. The molecule has 2 unspecified atom stereocenters. The molecule has 0 saturated heterocycles. The third kappa shape index (κ3) is 41.7. The first kappa shape index (κ1) is 56.1. The first-order valence-electron chi connectivity index (χ1n) is 26.8. The molecule has 2 atom stereocenters. The van der Waals surface area contributed by atoms with Gasteiger partial charge in [-0.05, 0) is 32.1 Å². The van der Waals surface area contributed by atoms with Crippen LogP contribution in [0.4, 0.5) is 0 Å². The van der Waals surface area contributed by atoms with Crippen LogP contribution < -0.4 is 0 Å². The zero-order chi connectivity index (χ0) is 41.5. The van der Waals surface area contributed by atoms with Crippen molar-refractivity contribution in [3.8, 4) is 0 Å². The van der Waals surface area contributed by atoms with Gasteiger partial charge in [-0.3, -0.25) is 9.59 Å². The Kier molecular flexibility index (Phi) is 47.1. The zero-order valence-electron chi connectivity index (χ0n) is 39.9. The summed E-state index contributed by atoms with van der Waals surface area (Å²) in [5.74, 6) is 0.227. The third-order valence-corrected chi connectivity index (χ3v) is 12.9. The van der Waals surface area contributed by atoms with Crippen LogP contribution in [-0.4, -0.2) is 17.9 Å². The number of Topliss-reactive ketones (excluding diaryl/α,β-unsaturated/α-hetero) is 1. The van der Waals surface area contributed by atoms with Crippen molar-refractivity contribution in [1.82, 2.24) is 0 Å². The maximum absolute atomic E-state index is 13.9. The van der Waals surface area contributed by atoms with Crippen molar-refractivity contribution in [1.29, 1.82) is 0 Å². The molecule has 0 spiro atoms. The van der Waals surface area contributed by atoms with Crippen molar-refractivity contribution < 1.29 is 14.3 Å². The number of ketones is 1. The molecule has 0 aromatic heterocycles. The van der Waals surface area contributed by atoms with Crippen LogP contribution in [0.25, 0.3) is 0 Å². The summed E-state index contributed by atoms with van der Waals surface area (Å²) in [6, 6.07) is 0. The summed E-state index contributed by atoms with van der Waals surface area (Å²) in [6.45, 7) is 9.13. The number of unbranched alkanes of at least 4 members (excludes halogenated alkanes) is 38. The lowest BCUT2D eigenvalue weighted by Gasteiger charge is -2.27. The Morgan fingerprint density at radius 1 is 0.298 bits per heavy atom. The number of rotatable bonds is 49. The lowest BCUT2D eigenvalue weighted by molar-refractivity contribution is -0.154. The van der Waals surface area contributed by atoms with Crippen LogP contribution in [0.2, 0.25) is 0 Å². The number of carbonyl (C=O) groups is 2. The smallest absolute Gasteiger partial charge is 0.306 e. The van der Waals surface area contributed by atoms with E-state index in [0.29, 0.717) is 18.6 Å². The van der Waals surface area contributed by atoms with E-state index in [-0.39, 0.29) is 18.0 Å². The number of carbonyl (C=O) groups excluding carboxylic acids is 2. The molecular weight excluding hydrogens is 697 g/mol. The molecule has 0 fully saturated rings. The van der Waals surface area contributed by atoms with E-state index in [0.717, 1.165) is 51.4 Å². The van der Waals surface area contributed by atoms with Gasteiger partial charge in [0, 0.05) is 12.8 Å². The predicted octanol–water partition coefficient (Wildman–Crippen LogP) is 19.1. The largest absolute Gasteiger partial charge is 0.462 e. The van der Waals surface area contributed by atoms with Crippen molar-refractivity contribution in [2.45, 2.75) is 329 Å². The fourth-order valence-electron chi connectivity index (χ4n) is 8.89. The van der Waals surface area contributed by atoms with Crippen molar-refractivity contribution in [3.05, 3.63) is 0 Å². The van der Waals surface area contributed by atoms with Gasteiger partial charge in [0.05, 0.1) is 5.92 Å². The first-order valence-corrected chi connectivity index (χ1v) is 26.8. The molecule has 0 amide bonds. The van der Waals surface area contributed by atoms with E-state index in [1.807, 2.05) is 0 Å². The summed E-state index contributed by atoms with van der Waals surface area (Å²) in [6.07, 6.45) is 57.5. The fourth-order valence-corrected chi connectivity index (χ4v) is 8.89. The predicted molar refractivity (Wildman–Crippen MR) is 253 cm³/mol. The first-order chi connectivity index (χ1) is 28.1. The molecule has 0 bridgehead atoms. The maximum atomic E-state index is 13.9. The quantitative estimate of drug-likeness (QED) is 0.0454. The maximum Gasteiger partial charge on any atom is 0.306 e. The summed E-state index contributed by atoms with van der Waals surface area (Å²) in [4.78, 5) is 27.3. The van der Waals surface area contributed by atoms with Gasteiger partial charge in [0.25, 0.3) is 0 Å². The van der Waals surface area contributed by atoms with Crippen LogP contribution in [0.15, 0.2) is 0 Å². The Labute approximate surface area is 360 Å². The third-order valence-electron chi connectivity index (χ3n) is 12.9. The molecule has 0 heterocycles. The highest BCUT2D eigenvalue weighted by Crippen LogP contribution is 2.27. The van der Waals surface area contributed by atoms with Crippen molar-refractivity contribution in [2.24, 2.45) is 5.92 Å². The monoisotopic (exact) mass is 803 g/mol. The van der Waals surface area contributed by atoms with Crippen LogP contribution in [0.1, 0.15) is 323 Å². The topological polar surface area (TPSA) is 43.4 Å². The Hall–Kier alpha value is -0.860. The Morgan fingerprint density at radius 2 is 0.544 bits per heavy atom. The molecule has 0 saturated carbocycles. The van der Waals surface area contributed by atoms with Gasteiger partial charge in [-0.25, -0.2) is 0 Å². The van der Waals surface area contributed by atoms with Crippen molar-refractivity contribution in [2.75, 3.05) is 0 Å². The number of esters is 1. The van der Waals surface area contributed by atoms with Crippen LogP contribution in [0, 0.1) is 5.92 Å². The molecule has 0 radical (unpaired) electrons. The molecule has 0 aliphatic heterocycles. The Bertz CT molecular complexity index is 792. The number of hydrogen-bond acceptors (Lipinski definition) is 3. The summed E-state index contributed by atoms with van der Waals surface area (Å²) in [5, 5.41) is 0. The van der Waals surface area contributed by atoms with Gasteiger partial charge in [0.2, 0.25) is 0 Å². The fraction of sp³-hybridized carbons (Fsp3) is 0.963. The van der Waals surface area contributed by atoms with Crippen molar-refractivity contribution >= 4 is 11.8 Å². The molecule has 0 aromatic carbocycles. The van der Waals surface area contributed by atoms with Crippen LogP contribution >= 0.6 is 0 Å². The van der Waals surface area contributed by atoms with E-state index < -0.39 is 0 Å². The molecule has 3 heteroatoms. The highest BCUT2D eigenvalue weighted by Gasteiger charge is 2.30. The Balaban J connectivity index is 4.72. The Morgan fingerprint density at radius 3 is 0.860 bits per heavy atom. The van der Waals surface area contributed by atoms with E-state index in [1.54, 1.807) is 0 Å². The number of hydrogen-bond donors (Lipinski definition) is 0. The number of ether oxygens (including phenoxy) is 1. The highest BCUT2D eigenvalue weighted by atomic mass is 16.5. The minimum absolute atomic E-state index is 0.0478. The van der Waals surface area contributed by atoms with Crippen LogP contribution in [0.3, 0.4) is 0 Å². The van der Waals surface area contributed by atoms with E-state index in [9.17, 15) is 9.59 Å². The van der Waals surface area contributed by atoms with E-state index in [1.165, 1.54) is 231 Å². The van der Waals surface area contributed by atoms with Gasteiger partial charge < -0.3 is 4.74 Å². The molecule has 0 N–H and O–H groups in total. The van der Waals surface area contributed by atoms with Gasteiger partial charge >= 0.3 is 5.97 Å². The summed E-state index contributed by atoms with van der Waals surface area (Å²) >= 11 is 0. The van der Waals surface area contributed by atoms with E-state index >= 15 is 0 Å². The molecular formula is C54H106O3. The normalized spacial score (nSPS) is 12.6. The van der Waals surface area contributed by atoms with Crippen molar-refractivity contribution in [3.63, 3.8) is 0 Å². The minimum Gasteiger partial charge on any atom is -0.462 e. The lowest BCUT2D eigenvalue weighted by atomic mass is 9.86. The van der Waals surface area contributed by atoms with Crippen LogP contribution in [0.5, 0.6) is 0 Å². The van der Waals surface area contributed by atoms with Gasteiger partial charge in [0.15, 0.2) is 0 Å². The van der Waals surface area contributed by atoms with E-state index in [4.69, 9.17) is 4.74 Å². The van der Waals surface area contributed by atoms with Gasteiger partial charge in [-0.15, -0.1) is 0 Å². The van der Waals surface area contributed by atoms with Gasteiger partial charge in [0.1, 0.15) is 11.9 Å². The van der Waals surface area contributed by atoms with Gasteiger partial charge in [-0.1, -0.05) is 278 Å². The van der Waals surface area contributed by atoms with Gasteiger partial charge in [-0.2, -0.15) is 0 Å². The summed E-state index contributed by atoms with van der Waals surface area (Å²) < 4.78 is 6.35. The van der Waals surface area contributed by atoms with E-state index in [2.05, 4.69) is 27.7 Å². The second-order valence-corrected chi connectivity index (χ2v) is 18.6. The minimum atomic E-state index is -0.223.